The zero-order valence-electron chi connectivity index (χ0n) is 39.6. The third-order valence-electron chi connectivity index (χ3n) is 14.1. The molecule has 6 heteroatoms. The second-order valence-corrected chi connectivity index (χ2v) is 18.4. The van der Waals surface area contributed by atoms with Crippen LogP contribution in [-0.2, 0) is 0 Å². The van der Waals surface area contributed by atoms with Gasteiger partial charge in [0.15, 0.2) is 17.5 Å². The van der Waals surface area contributed by atoms with E-state index in [9.17, 15) is 5.26 Å². The quantitative estimate of drug-likeness (QED) is 0.152. The van der Waals surface area contributed by atoms with E-state index < -0.39 is 0 Å². The maximum atomic E-state index is 10.7. The van der Waals surface area contributed by atoms with E-state index in [0.717, 1.165) is 88.4 Å². The Morgan fingerprint density at radius 2 is 0.722 bits per heavy atom. The lowest BCUT2D eigenvalue weighted by molar-refractivity contribution is 1.07. The van der Waals surface area contributed by atoms with Crippen molar-refractivity contribution in [2.24, 2.45) is 0 Å². The summed E-state index contributed by atoms with van der Waals surface area (Å²) in [5, 5.41) is 15.3. The number of hydrogen-bond donors (Lipinski definition) is 0. The number of nitriles is 1. The number of para-hydroxylation sites is 2. The summed E-state index contributed by atoms with van der Waals surface area (Å²) in [5.74, 6) is 1.71. The first-order valence-corrected chi connectivity index (χ1v) is 24.2. The van der Waals surface area contributed by atoms with Crippen molar-refractivity contribution in [1.82, 2.24) is 24.1 Å². The lowest BCUT2D eigenvalue weighted by Gasteiger charge is -2.20. The standard InChI is InChI=1S/C66H44N6/c1-42-17-9-11-23-50(42)47-30-34-61-55(38-47)52-25-13-15-27-58(52)71(61)60-33-29-44(41-67)37-54(60)57-40-49(66-69-64(45-19-5-3-6-20-45)68-65(70-66)46-21-7-4-8-22-46)32-36-63(57)72-59-28-16-14-26-53(59)56-39-48(31-35-62(56)72)51-24-12-10-18-43(51)2/h3-40H,1-2H3. The summed E-state index contributed by atoms with van der Waals surface area (Å²) < 4.78 is 4.75. The molecule has 0 fully saturated rings. The molecule has 0 amide bonds. The molecule has 3 aromatic heterocycles. The minimum atomic E-state index is 0.541. The van der Waals surface area contributed by atoms with E-state index in [2.05, 4.69) is 187 Å². The Morgan fingerprint density at radius 1 is 0.319 bits per heavy atom. The second kappa shape index (κ2) is 17.4. The van der Waals surface area contributed by atoms with Crippen molar-refractivity contribution < 1.29 is 0 Å². The molecular formula is C66H44N6. The number of hydrogen-bond acceptors (Lipinski definition) is 4. The van der Waals surface area contributed by atoms with E-state index in [1.165, 1.54) is 27.8 Å². The van der Waals surface area contributed by atoms with Crippen LogP contribution in [0.3, 0.4) is 0 Å². The normalized spacial score (nSPS) is 11.5. The van der Waals surface area contributed by atoms with Gasteiger partial charge < -0.3 is 9.13 Å². The summed E-state index contributed by atoms with van der Waals surface area (Å²) in [6.45, 7) is 4.34. The molecule has 338 valence electrons. The van der Waals surface area contributed by atoms with Crippen LogP contribution in [0.25, 0.3) is 123 Å². The first-order valence-electron chi connectivity index (χ1n) is 24.2. The number of nitrogens with zero attached hydrogens (tertiary/aromatic N) is 6. The summed E-state index contributed by atoms with van der Waals surface area (Å²) in [5.41, 5.74) is 18.3. The van der Waals surface area contributed by atoms with E-state index in [-0.39, 0.29) is 0 Å². The maximum absolute atomic E-state index is 10.7. The highest BCUT2D eigenvalue weighted by atomic mass is 15.0. The molecular weight excluding hydrogens is 877 g/mol. The molecule has 0 aliphatic carbocycles. The summed E-state index contributed by atoms with van der Waals surface area (Å²) in [6, 6.07) is 83.3. The molecule has 3 heterocycles. The van der Waals surface area contributed by atoms with Crippen LogP contribution in [0.2, 0.25) is 0 Å². The molecule has 0 radical (unpaired) electrons. The summed E-state index contributed by atoms with van der Waals surface area (Å²) >= 11 is 0. The summed E-state index contributed by atoms with van der Waals surface area (Å²) in [4.78, 5) is 15.5. The van der Waals surface area contributed by atoms with E-state index in [1.807, 2.05) is 72.8 Å². The Labute approximate surface area is 417 Å². The molecule has 0 N–H and O–H groups in total. The predicted octanol–water partition coefficient (Wildman–Crippen LogP) is 16.6. The second-order valence-electron chi connectivity index (χ2n) is 18.4. The number of aryl methyl sites for hydroxylation is 2. The van der Waals surface area contributed by atoms with Gasteiger partial charge in [-0.2, -0.15) is 5.26 Å². The fourth-order valence-electron chi connectivity index (χ4n) is 10.6. The molecule has 6 nitrogen and oxygen atoms in total. The van der Waals surface area contributed by atoms with Crippen LogP contribution >= 0.6 is 0 Å². The van der Waals surface area contributed by atoms with E-state index in [1.54, 1.807) is 0 Å². The van der Waals surface area contributed by atoms with Crippen molar-refractivity contribution in [1.29, 1.82) is 5.26 Å². The molecule has 10 aromatic carbocycles. The molecule has 0 unspecified atom stereocenters. The lowest BCUT2D eigenvalue weighted by Crippen LogP contribution is -2.04. The molecule has 72 heavy (non-hydrogen) atoms. The minimum absolute atomic E-state index is 0.541. The predicted molar refractivity (Wildman–Crippen MR) is 295 cm³/mol. The number of rotatable bonds is 8. The van der Waals surface area contributed by atoms with Crippen molar-refractivity contribution in [3.05, 3.63) is 247 Å². The van der Waals surface area contributed by atoms with Gasteiger partial charge >= 0.3 is 0 Å². The summed E-state index contributed by atoms with van der Waals surface area (Å²) in [6.07, 6.45) is 0. The maximum Gasteiger partial charge on any atom is 0.164 e. The third kappa shape index (κ3) is 7.14. The van der Waals surface area contributed by atoms with Gasteiger partial charge in [0.05, 0.1) is 45.1 Å². The Balaban J connectivity index is 1.11. The van der Waals surface area contributed by atoms with Gasteiger partial charge in [-0.15, -0.1) is 0 Å². The van der Waals surface area contributed by atoms with E-state index >= 15 is 0 Å². The van der Waals surface area contributed by atoms with Crippen LogP contribution in [0.5, 0.6) is 0 Å². The van der Waals surface area contributed by atoms with Crippen molar-refractivity contribution in [2.75, 3.05) is 0 Å². The minimum Gasteiger partial charge on any atom is -0.309 e. The van der Waals surface area contributed by atoms with Gasteiger partial charge in [-0.25, -0.2) is 15.0 Å². The molecule has 0 atom stereocenters. The van der Waals surface area contributed by atoms with Gasteiger partial charge in [-0.1, -0.05) is 158 Å². The van der Waals surface area contributed by atoms with E-state index in [4.69, 9.17) is 15.0 Å². The van der Waals surface area contributed by atoms with Gasteiger partial charge in [0.2, 0.25) is 0 Å². The number of aromatic nitrogens is 5. The molecule has 13 aromatic rings. The van der Waals surface area contributed by atoms with E-state index in [0.29, 0.717) is 23.0 Å². The van der Waals surface area contributed by atoms with Crippen LogP contribution in [-0.4, -0.2) is 24.1 Å². The molecule has 13 rings (SSSR count). The third-order valence-corrected chi connectivity index (χ3v) is 14.1. The first-order chi connectivity index (χ1) is 35.5. The van der Waals surface area contributed by atoms with Crippen molar-refractivity contribution in [2.45, 2.75) is 13.8 Å². The van der Waals surface area contributed by atoms with Gasteiger partial charge in [-0.05, 0) is 120 Å². The largest absolute Gasteiger partial charge is 0.309 e. The van der Waals surface area contributed by atoms with Crippen LogP contribution in [0.1, 0.15) is 16.7 Å². The molecule has 0 spiro atoms. The highest BCUT2D eigenvalue weighted by Crippen LogP contribution is 2.44. The van der Waals surface area contributed by atoms with Gasteiger partial charge in [0, 0.05) is 49.4 Å². The van der Waals surface area contributed by atoms with Crippen LogP contribution in [0.15, 0.2) is 231 Å². The topological polar surface area (TPSA) is 72.3 Å². The summed E-state index contributed by atoms with van der Waals surface area (Å²) in [7, 11) is 0. The molecule has 0 saturated carbocycles. The zero-order valence-corrected chi connectivity index (χ0v) is 39.6. The van der Waals surface area contributed by atoms with Gasteiger partial charge in [-0.3, -0.25) is 0 Å². The molecule has 0 aliphatic heterocycles. The van der Waals surface area contributed by atoms with Crippen LogP contribution in [0, 0.1) is 25.2 Å². The van der Waals surface area contributed by atoms with Gasteiger partial charge in [0.25, 0.3) is 0 Å². The Kier molecular flexibility index (Phi) is 10.2. The average Bonchev–Trinajstić information content (AvgIpc) is 3.95. The zero-order chi connectivity index (χ0) is 48.3. The smallest absolute Gasteiger partial charge is 0.164 e. The van der Waals surface area contributed by atoms with Crippen molar-refractivity contribution in [3.63, 3.8) is 0 Å². The lowest BCUT2D eigenvalue weighted by atomic mass is 9.96. The van der Waals surface area contributed by atoms with Gasteiger partial charge in [0.1, 0.15) is 0 Å². The SMILES string of the molecule is Cc1ccccc1-c1ccc2c(c1)c1ccccc1n2-c1ccc(C#N)cc1-c1cc(-c2nc(-c3ccccc3)nc(-c3ccccc3)n2)ccc1-n1c2ccccc2c2cc(-c3ccccc3C)ccc21. The first kappa shape index (κ1) is 42.4. The fraction of sp³-hybridized carbons (Fsp3) is 0.0303. The monoisotopic (exact) mass is 920 g/mol. The Morgan fingerprint density at radius 3 is 1.22 bits per heavy atom. The highest BCUT2D eigenvalue weighted by Gasteiger charge is 2.24. The number of benzene rings is 10. The van der Waals surface area contributed by atoms with Crippen LogP contribution in [0.4, 0.5) is 0 Å². The Hall–Kier alpha value is -9.70. The van der Waals surface area contributed by atoms with Crippen LogP contribution < -0.4 is 0 Å². The van der Waals surface area contributed by atoms with Crippen molar-refractivity contribution >= 4 is 43.6 Å². The average molecular weight is 921 g/mol. The molecule has 0 saturated heterocycles. The highest BCUT2D eigenvalue weighted by molar-refractivity contribution is 6.13. The Bertz CT molecular complexity index is 4250. The molecule has 0 aliphatic rings. The molecule has 0 bridgehead atoms. The van der Waals surface area contributed by atoms with Crippen molar-refractivity contribution in [3.8, 4) is 85.0 Å². The number of fused-ring (bicyclic) bond motifs is 6. The fourth-order valence-corrected chi connectivity index (χ4v) is 10.6.